The van der Waals surface area contributed by atoms with Gasteiger partial charge in [-0.15, -0.1) is 5.10 Å². The Morgan fingerprint density at radius 1 is 1.19 bits per heavy atom. The fraction of sp³-hybridized carbons (Fsp3) is 0.0909. The third kappa shape index (κ3) is 2.76. The van der Waals surface area contributed by atoms with Crippen molar-refractivity contribution in [3.63, 3.8) is 0 Å². The minimum atomic E-state index is -0.371. The van der Waals surface area contributed by atoms with Crippen molar-refractivity contribution in [2.75, 3.05) is 0 Å². The highest BCUT2D eigenvalue weighted by Gasteiger charge is 2.02. The van der Waals surface area contributed by atoms with Crippen LogP contribution < -0.4 is 4.74 Å². The van der Waals surface area contributed by atoms with E-state index in [1.165, 1.54) is 12.1 Å². The van der Waals surface area contributed by atoms with Crippen molar-refractivity contribution in [2.45, 2.75) is 6.92 Å². The second-order valence-corrected chi connectivity index (χ2v) is 4.14. The molecule has 0 fully saturated rings. The molecule has 0 radical (unpaired) electrons. The van der Waals surface area contributed by atoms with Crippen LogP contribution in [0.3, 0.4) is 0 Å². The van der Waals surface area contributed by atoms with E-state index in [4.69, 9.17) is 4.74 Å². The summed E-state index contributed by atoms with van der Waals surface area (Å²) in [5.41, 5.74) is 0.799. The number of rotatable bonds is 2. The van der Waals surface area contributed by atoms with Crippen molar-refractivity contribution in [3.05, 3.63) is 46.3 Å². The maximum Gasteiger partial charge on any atom is 0.238 e. The van der Waals surface area contributed by atoms with Crippen molar-refractivity contribution >= 4 is 15.9 Å². The average Bonchev–Trinajstić information content (AvgIpc) is 2.20. The van der Waals surface area contributed by atoms with Crippen molar-refractivity contribution in [1.82, 2.24) is 10.2 Å². The highest BCUT2D eigenvalue weighted by atomic mass is 79.9. The lowest BCUT2D eigenvalue weighted by Crippen LogP contribution is -1.92. The Morgan fingerprint density at radius 2 is 2.00 bits per heavy atom. The van der Waals surface area contributed by atoms with Crippen molar-refractivity contribution in [2.24, 2.45) is 0 Å². The highest BCUT2D eigenvalue weighted by Crippen LogP contribution is 2.24. The summed E-state index contributed by atoms with van der Waals surface area (Å²) in [4.78, 5) is 0. The second kappa shape index (κ2) is 4.57. The first-order chi connectivity index (χ1) is 7.63. The number of benzene rings is 1. The first-order valence-corrected chi connectivity index (χ1v) is 5.37. The molecule has 2 aromatic rings. The van der Waals surface area contributed by atoms with Gasteiger partial charge in [0.15, 0.2) is 0 Å². The van der Waals surface area contributed by atoms with E-state index < -0.39 is 0 Å². The van der Waals surface area contributed by atoms with Crippen molar-refractivity contribution < 1.29 is 9.13 Å². The minimum Gasteiger partial charge on any atom is -0.437 e. The Balaban J connectivity index is 2.23. The average molecular weight is 283 g/mol. The van der Waals surface area contributed by atoms with Crippen LogP contribution in [0.4, 0.5) is 4.39 Å². The molecule has 1 heterocycles. The summed E-state index contributed by atoms with van der Waals surface area (Å²) in [6.07, 6.45) is 0. The van der Waals surface area contributed by atoms with E-state index in [1.807, 2.05) is 6.92 Å². The van der Waals surface area contributed by atoms with E-state index in [1.54, 1.807) is 18.2 Å². The lowest BCUT2D eigenvalue weighted by atomic mass is 10.3. The smallest absolute Gasteiger partial charge is 0.238 e. The second-order valence-electron chi connectivity index (χ2n) is 3.22. The summed E-state index contributed by atoms with van der Waals surface area (Å²) in [7, 11) is 0. The molecule has 0 bridgehead atoms. The van der Waals surface area contributed by atoms with Gasteiger partial charge in [-0.25, -0.2) is 4.39 Å². The van der Waals surface area contributed by atoms with Crippen LogP contribution in [-0.2, 0) is 0 Å². The summed E-state index contributed by atoms with van der Waals surface area (Å²) in [6, 6.07) is 7.75. The maximum atomic E-state index is 13.0. The van der Waals surface area contributed by atoms with Gasteiger partial charge in [-0.05, 0) is 25.1 Å². The van der Waals surface area contributed by atoms with Gasteiger partial charge in [-0.1, -0.05) is 15.9 Å². The summed E-state index contributed by atoms with van der Waals surface area (Å²) < 4.78 is 19.0. The zero-order valence-electron chi connectivity index (χ0n) is 8.45. The zero-order valence-corrected chi connectivity index (χ0v) is 10.0. The van der Waals surface area contributed by atoms with E-state index in [9.17, 15) is 4.39 Å². The van der Waals surface area contributed by atoms with Gasteiger partial charge in [0, 0.05) is 16.6 Å². The van der Waals surface area contributed by atoms with Crippen LogP contribution in [0, 0.1) is 12.7 Å². The van der Waals surface area contributed by atoms with Crippen LogP contribution in [0.25, 0.3) is 0 Å². The number of hydrogen-bond donors (Lipinski definition) is 0. The van der Waals surface area contributed by atoms with Crippen LogP contribution in [0.15, 0.2) is 34.8 Å². The molecule has 0 unspecified atom stereocenters. The van der Waals surface area contributed by atoms with Crippen molar-refractivity contribution in [3.8, 4) is 11.6 Å². The van der Waals surface area contributed by atoms with Gasteiger partial charge in [0.1, 0.15) is 11.6 Å². The van der Waals surface area contributed by atoms with Gasteiger partial charge in [-0.2, -0.15) is 5.10 Å². The molecule has 1 aromatic carbocycles. The molecule has 0 saturated heterocycles. The monoisotopic (exact) mass is 282 g/mol. The topological polar surface area (TPSA) is 35.0 Å². The molecule has 0 aliphatic heterocycles. The molecule has 2 rings (SSSR count). The fourth-order valence-electron chi connectivity index (χ4n) is 1.15. The molecule has 0 spiro atoms. The number of aryl methyl sites for hydroxylation is 1. The Labute approximate surface area is 100 Å². The fourth-order valence-corrected chi connectivity index (χ4v) is 1.59. The molecule has 3 nitrogen and oxygen atoms in total. The molecule has 5 heteroatoms. The maximum absolute atomic E-state index is 13.0. The molecular weight excluding hydrogens is 275 g/mol. The molecule has 0 amide bonds. The molecule has 0 aliphatic rings. The highest BCUT2D eigenvalue weighted by molar-refractivity contribution is 9.10. The lowest BCUT2D eigenvalue weighted by Gasteiger charge is -2.04. The van der Waals surface area contributed by atoms with Gasteiger partial charge < -0.3 is 4.74 Å². The first-order valence-electron chi connectivity index (χ1n) is 4.58. The number of nitrogens with zero attached hydrogens (tertiary/aromatic N) is 2. The molecule has 0 N–H and O–H groups in total. The number of aromatic nitrogens is 2. The van der Waals surface area contributed by atoms with E-state index in [0.29, 0.717) is 16.1 Å². The SMILES string of the molecule is Cc1ccc(Oc2cc(F)cc(Br)c2)nn1. The van der Waals surface area contributed by atoms with Crippen LogP contribution in [0.2, 0.25) is 0 Å². The molecule has 0 aliphatic carbocycles. The van der Waals surface area contributed by atoms with Gasteiger partial charge in [-0.3, -0.25) is 0 Å². The van der Waals surface area contributed by atoms with Gasteiger partial charge in [0.2, 0.25) is 5.88 Å². The number of hydrogen-bond acceptors (Lipinski definition) is 3. The predicted molar refractivity (Wildman–Crippen MR) is 60.9 cm³/mol. The standard InChI is InChI=1S/C11H8BrFN2O/c1-7-2-3-11(15-14-7)16-10-5-8(12)4-9(13)6-10/h2-6H,1H3. The first kappa shape index (κ1) is 11.0. The Kier molecular flexibility index (Phi) is 3.14. The third-order valence-electron chi connectivity index (χ3n) is 1.83. The molecule has 16 heavy (non-hydrogen) atoms. The molecule has 82 valence electrons. The summed E-state index contributed by atoms with van der Waals surface area (Å²) in [5, 5.41) is 7.66. The Morgan fingerprint density at radius 3 is 2.62 bits per heavy atom. The largest absolute Gasteiger partial charge is 0.437 e. The quantitative estimate of drug-likeness (QED) is 0.846. The van der Waals surface area contributed by atoms with Crippen LogP contribution in [0.5, 0.6) is 11.6 Å². The number of halogens is 2. The van der Waals surface area contributed by atoms with Gasteiger partial charge >= 0.3 is 0 Å². The van der Waals surface area contributed by atoms with Gasteiger partial charge in [0.25, 0.3) is 0 Å². The summed E-state index contributed by atoms with van der Waals surface area (Å²) in [6.45, 7) is 1.83. The van der Waals surface area contributed by atoms with E-state index in [0.717, 1.165) is 5.69 Å². The normalized spacial score (nSPS) is 10.2. The summed E-state index contributed by atoms with van der Waals surface area (Å²) >= 11 is 3.18. The Bertz CT molecular complexity index is 482. The van der Waals surface area contributed by atoms with E-state index in [-0.39, 0.29) is 5.82 Å². The van der Waals surface area contributed by atoms with Crippen molar-refractivity contribution in [1.29, 1.82) is 0 Å². The number of ether oxygens (including phenoxy) is 1. The van der Waals surface area contributed by atoms with Crippen LogP contribution in [0.1, 0.15) is 5.69 Å². The minimum absolute atomic E-state index is 0.336. The lowest BCUT2D eigenvalue weighted by molar-refractivity contribution is 0.449. The van der Waals surface area contributed by atoms with Gasteiger partial charge in [0.05, 0.1) is 5.69 Å². The van der Waals surface area contributed by atoms with E-state index in [2.05, 4.69) is 26.1 Å². The van der Waals surface area contributed by atoms with Crippen LogP contribution in [-0.4, -0.2) is 10.2 Å². The van der Waals surface area contributed by atoms with Crippen LogP contribution >= 0.6 is 15.9 Å². The molecule has 1 aromatic heterocycles. The molecular formula is C11H8BrFN2O. The molecule has 0 saturated carbocycles. The Hall–Kier alpha value is -1.49. The third-order valence-corrected chi connectivity index (χ3v) is 2.29. The molecule has 0 atom stereocenters. The summed E-state index contributed by atoms with van der Waals surface area (Å²) in [5.74, 6) is 0.345. The zero-order chi connectivity index (χ0) is 11.5. The van der Waals surface area contributed by atoms with E-state index >= 15 is 0 Å². The predicted octanol–water partition coefficient (Wildman–Crippen LogP) is 3.48.